The Hall–Kier alpha value is -6.02. The molecule has 9 aromatic rings. The molecule has 0 spiro atoms. The van der Waals surface area contributed by atoms with E-state index in [-0.39, 0.29) is 10.9 Å². The van der Waals surface area contributed by atoms with Crippen molar-refractivity contribution in [2.24, 2.45) is 0 Å². The third-order valence-electron chi connectivity index (χ3n) is 7.82. The molecule has 0 amide bonds. The van der Waals surface area contributed by atoms with Crippen LogP contribution in [0.4, 0.5) is 0 Å². The molecule has 0 N–H and O–H groups in total. The number of nitrogens with zero attached hydrogens (tertiary/aromatic N) is 4. The largest absolute Gasteiger partial charge is 0.423 e. The minimum atomic E-state index is -0.0367. The molecule has 0 unspecified atom stereocenters. The first-order valence-electron chi connectivity index (χ1n) is 13.4. The van der Waals surface area contributed by atoms with Crippen LogP contribution in [0.2, 0.25) is 0 Å². The van der Waals surface area contributed by atoms with Crippen LogP contribution in [0, 0.1) is 0 Å². The fourth-order valence-corrected chi connectivity index (χ4v) is 5.92. The van der Waals surface area contributed by atoms with Gasteiger partial charge in [-0.2, -0.15) is 9.97 Å². The van der Waals surface area contributed by atoms with Crippen molar-refractivity contribution in [2.45, 2.75) is 0 Å². The van der Waals surface area contributed by atoms with E-state index in [9.17, 15) is 9.59 Å². The standard InChI is InChI=1S/C34H18N4O4/c39-31-19-9-1-5-13-25(19)37(26-14-6-2-10-20(26)31)33-35-23-17-30-24(18-29(23)41-33)36-34(42-30)38-27-15-7-3-11-21(27)32(40)22-12-4-8-16-28(22)38/h1-18H. The predicted molar refractivity (Wildman–Crippen MR) is 163 cm³/mol. The van der Waals surface area contributed by atoms with Crippen molar-refractivity contribution in [3.63, 3.8) is 0 Å². The first-order valence-corrected chi connectivity index (χ1v) is 13.4. The van der Waals surface area contributed by atoms with E-state index >= 15 is 0 Å². The number of aromatic nitrogens is 4. The molecular weight excluding hydrogens is 528 g/mol. The third-order valence-corrected chi connectivity index (χ3v) is 7.82. The summed E-state index contributed by atoms with van der Waals surface area (Å²) in [5.41, 5.74) is 4.96. The normalized spacial score (nSPS) is 12.0. The highest BCUT2D eigenvalue weighted by molar-refractivity contribution is 5.97. The van der Waals surface area contributed by atoms with Gasteiger partial charge in [0, 0.05) is 33.7 Å². The van der Waals surface area contributed by atoms with Crippen LogP contribution in [0.3, 0.4) is 0 Å². The average molecular weight is 547 g/mol. The Kier molecular flexibility index (Phi) is 4.47. The number of benzene rings is 5. The maximum atomic E-state index is 13.2. The Morgan fingerprint density at radius 2 is 0.762 bits per heavy atom. The highest BCUT2D eigenvalue weighted by atomic mass is 16.4. The Balaban J connectivity index is 1.28. The van der Waals surface area contributed by atoms with Gasteiger partial charge in [-0.3, -0.25) is 18.7 Å². The number of hydrogen-bond acceptors (Lipinski definition) is 6. The Labute approximate surface area is 235 Å². The molecule has 8 nitrogen and oxygen atoms in total. The summed E-state index contributed by atoms with van der Waals surface area (Å²) in [5.74, 6) is 0. The highest BCUT2D eigenvalue weighted by Crippen LogP contribution is 2.31. The molecule has 8 heteroatoms. The summed E-state index contributed by atoms with van der Waals surface area (Å²) in [6.07, 6.45) is 0. The summed E-state index contributed by atoms with van der Waals surface area (Å²) in [6.45, 7) is 0. The molecule has 0 aliphatic heterocycles. The van der Waals surface area contributed by atoms with Crippen LogP contribution in [0.5, 0.6) is 0 Å². The maximum absolute atomic E-state index is 13.2. The molecule has 0 fully saturated rings. The highest BCUT2D eigenvalue weighted by Gasteiger charge is 2.20. The maximum Gasteiger partial charge on any atom is 0.307 e. The molecule has 4 heterocycles. The van der Waals surface area contributed by atoms with E-state index in [0.29, 0.717) is 77.8 Å². The van der Waals surface area contributed by atoms with E-state index in [1.807, 2.05) is 106 Å². The summed E-state index contributed by atoms with van der Waals surface area (Å²) in [5, 5.41) is 2.33. The average Bonchev–Trinajstić information content (AvgIpc) is 3.63. The van der Waals surface area contributed by atoms with Crippen LogP contribution in [0.1, 0.15) is 0 Å². The van der Waals surface area contributed by atoms with Crippen molar-refractivity contribution in [3.05, 3.63) is 130 Å². The van der Waals surface area contributed by atoms with Gasteiger partial charge in [0.15, 0.2) is 22.0 Å². The Morgan fingerprint density at radius 3 is 1.10 bits per heavy atom. The van der Waals surface area contributed by atoms with Crippen LogP contribution in [-0.4, -0.2) is 19.1 Å². The zero-order valence-electron chi connectivity index (χ0n) is 21.8. The van der Waals surface area contributed by atoms with Crippen molar-refractivity contribution in [3.8, 4) is 12.0 Å². The molecule has 0 saturated heterocycles. The van der Waals surface area contributed by atoms with Gasteiger partial charge in [0.25, 0.3) is 0 Å². The zero-order valence-corrected chi connectivity index (χ0v) is 21.8. The van der Waals surface area contributed by atoms with Crippen molar-refractivity contribution in [1.29, 1.82) is 0 Å². The molecule has 5 aromatic carbocycles. The van der Waals surface area contributed by atoms with E-state index in [1.54, 1.807) is 12.1 Å². The van der Waals surface area contributed by atoms with Gasteiger partial charge in [0.05, 0.1) is 22.1 Å². The molecule has 4 aromatic heterocycles. The van der Waals surface area contributed by atoms with Crippen LogP contribution in [0.25, 0.3) is 77.8 Å². The van der Waals surface area contributed by atoms with E-state index in [4.69, 9.17) is 18.8 Å². The summed E-state index contributed by atoms with van der Waals surface area (Å²) in [7, 11) is 0. The number of hydrogen-bond donors (Lipinski definition) is 0. The number of fused-ring (bicyclic) bond motifs is 6. The van der Waals surface area contributed by atoms with Gasteiger partial charge in [0.2, 0.25) is 0 Å². The lowest BCUT2D eigenvalue weighted by Gasteiger charge is -2.11. The first kappa shape index (κ1) is 22.8. The van der Waals surface area contributed by atoms with Gasteiger partial charge >= 0.3 is 12.0 Å². The van der Waals surface area contributed by atoms with E-state index in [0.717, 1.165) is 0 Å². The van der Waals surface area contributed by atoms with Gasteiger partial charge in [0.1, 0.15) is 11.0 Å². The predicted octanol–water partition coefficient (Wildman–Crippen LogP) is 6.88. The molecule has 9 rings (SSSR count). The monoisotopic (exact) mass is 546 g/mol. The molecule has 42 heavy (non-hydrogen) atoms. The Bertz CT molecular complexity index is 2340. The third kappa shape index (κ3) is 3.06. The molecule has 0 aliphatic carbocycles. The number of oxazole rings is 2. The van der Waals surface area contributed by atoms with Crippen LogP contribution >= 0.6 is 0 Å². The molecule has 0 radical (unpaired) electrons. The van der Waals surface area contributed by atoms with Crippen LogP contribution in [0.15, 0.2) is 128 Å². The summed E-state index contributed by atoms with van der Waals surface area (Å²) in [4.78, 5) is 36.0. The van der Waals surface area contributed by atoms with Gasteiger partial charge in [-0.15, -0.1) is 0 Å². The van der Waals surface area contributed by atoms with Gasteiger partial charge < -0.3 is 8.83 Å². The smallest absolute Gasteiger partial charge is 0.307 e. The van der Waals surface area contributed by atoms with Crippen LogP contribution in [-0.2, 0) is 0 Å². The SMILES string of the molecule is O=c1c2ccccc2n(-c2nc3cc4oc(-n5c6ccccc6c(=O)c6ccccc65)nc4cc3o2)c2ccccc12. The lowest BCUT2D eigenvalue weighted by Crippen LogP contribution is -2.10. The van der Waals surface area contributed by atoms with Crippen molar-refractivity contribution >= 4 is 65.8 Å². The molecule has 0 saturated carbocycles. The van der Waals surface area contributed by atoms with Gasteiger partial charge in [-0.25, -0.2) is 0 Å². The summed E-state index contributed by atoms with van der Waals surface area (Å²) >= 11 is 0. The Morgan fingerprint density at radius 1 is 0.452 bits per heavy atom. The summed E-state index contributed by atoms with van der Waals surface area (Å²) in [6, 6.07) is 34.0. The van der Waals surface area contributed by atoms with Crippen molar-refractivity contribution < 1.29 is 8.83 Å². The number of pyridine rings is 2. The van der Waals surface area contributed by atoms with Crippen molar-refractivity contribution in [2.75, 3.05) is 0 Å². The summed E-state index contributed by atoms with van der Waals surface area (Å²) < 4.78 is 16.4. The minimum Gasteiger partial charge on any atom is -0.423 e. The van der Waals surface area contributed by atoms with Crippen molar-refractivity contribution in [1.82, 2.24) is 19.1 Å². The number of para-hydroxylation sites is 4. The number of rotatable bonds is 2. The molecule has 0 aliphatic rings. The second-order valence-corrected chi connectivity index (χ2v) is 10.2. The van der Waals surface area contributed by atoms with Gasteiger partial charge in [-0.1, -0.05) is 48.5 Å². The quantitative estimate of drug-likeness (QED) is 0.219. The second kappa shape index (κ2) is 8.25. The lowest BCUT2D eigenvalue weighted by atomic mass is 10.1. The van der Waals surface area contributed by atoms with Gasteiger partial charge in [-0.05, 0) is 48.5 Å². The fraction of sp³-hybridized carbons (Fsp3) is 0. The van der Waals surface area contributed by atoms with E-state index in [2.05, 4.69) is 0 Å². The molecular formula is C34H18N4O4. The second-order valence-electron chi connectivity index (χ2n) is 10.2. The van der Waals surface area contributed by atoms with Crippen LogP contribution < -0.4 is 10.9 Å². The minimum absolute atomic E-state index is 0.0367. The fourth-order valence-electron chi connectivity index (χ4n) is 5.92. The first-order chi connectivity index (χ1) is 20.7. The zero-order chi connectivity index (χ0) is 27.9. The molecule has 0 bridgehead atoms. The van der Waals surface area contributed by atoms with E-state index in [1.165, 1.54) is 0 Å². The molecule has 0 atom stereocenters. The molecule has 198 valence electrons. The van der Waals surface area contributed by atoms with E-state index < -0.39 is 0 Å². The topological polar surface area (TPSA) is 96.1 Å². The lowest BCUT2D eigenvalue weighted by molar-refractivity contribution is 0.572.